The van der Waals surface area contributed by atoms with Gasteiger partial charge in [0.25, 0.3) is 0 Å². The molecule has 102 valence electrons. The van der Waals surface area contributed by atoms with Crippen molar-refractivity contribution in [2.45, 2.75) is 13.5 Å². The van der Waals surface area contributed by atoms with E-state index >= 15 is 0 Å². The maximum atomic E-state index is 9.97. The molecule has 5 heteroatoms. The first-order valence-electron chi connectivity index (χ1n) is 6.42. The van der Waals surface area contributed by atoms with Crippen LogP contribution in [-0.2, 0) is 6.54 Å². The smallest absolute Gasteiger partial charge is 0.144 e. The van der Waals surface area contributed by atoms with Crippen molar-refractivity contribution in [3.05, 3.63) is 36.7 Å². The highest BCUT2D eigenvalue weighted by molar-refractivity contribution is 5.83. The first-order chi connectivity index (χ1) is 9.74. The average Bonchev–Trinajstić information content (AvgIpc) is 2.84. The van der Waals surface area contributed by atoms with Crippen LogP contribution in [0.1, 0.15) is 6.92 Å². The summed E-state index contributed by atoms with van der Waals surface area (Å²) in [5, 5.41) is 9.97. The van der Waals surface area contributed by atoms with Crippen LogP contribution in [-0.4, -0.2) is 26.8 Å². The van der Waals surface area contributed by atoms with E-state index < -0.39 is 0 Å². The number of benzene rings is 1. The molecule has 3 rings (SSSR count). The Morgan fingerprint density at radius 3 is 2.85 bits per heavy atom. The molecule has 0 atom stereocenters. The van der Waals surface area contributed by atoms with Crippen molar-refractivity contribution in [3.8, 4) is 22.9 Å². The molecule has 0 aliphatic rings. The second kappa shape index (κ2) is 4.85. The molecule has 0 fully saturated rings. The zero-order chi connectivity index (χ0) is 14.1. The van der Waals surface area contributed by atoms with Crippen molar-refractivity contribution in [2.75, 3.05) is 7.11 Å². The van der Waals surface area contributed by atoms with Crippen LogP contribution in [0.2, 0.25) is 0 Å². The number of pyridine rings is 1. The summed E-state index contributed by atoms with van der Waals surface area (Å²) in [6.07, 6.45) is 3.07. The molecular weight excluding hydrogens is 254 g/mol. The highest BCUT2D eigenvalue weighted by Crippen LogP contribution is 2.31. The van der Waals surface area contributed by atoms with Crippen LogP contribution in [0.3, 0.4) is 0 Å². The molecule has 0 amide bonds. The Hall–Kier alpha value is -2.56. The van der Waals surface area contributed by atoms with Gasteiger partial charge in [-0.25, -0.2) is 4.98 Å². The van der Waals surface area contributed by atoms with E-state index in [-0.39, 0.29) is 5.75 Å². The Morgan fingerprint density at radius 1 is 1.30 bits per heavy atom. The Balaban J connectivity index is 2.28. The third kappa shape index (κ3) is 1.87. The van der Waals surface area contributed by atoms with Crippen LogP contribution >= 0.6 is 0 Å². The van der Waals surface area contributed by atoms with Crippen LogP contribution in [0, 0.1) is 0 Å². The fourth-order valence-electron chi connectivity index (χ4n) is 2.34. The molecule has 0 bridgehead atoms. The van der Waals surface area contributed by atoms with Crippen LogP contribution < -0.4 is 4.74 Å². The normalized spacial score (nSPS) is 10.9. The molecule has 2 heterocycles. The van der Waals surface area contributed by atoms with Crippen molar-refractivity contribution in [1.29, 1.82) is 0 Å². The average molecular weight is 269 g/mol. The van der Waals surface area contributed by atoms with Gasteiger partial charge in [0, 0.05) is 18.8 Å². The van der Waals surface area contributed by atoms with Crippen LogP contribution in [0.25, 0.3) is 22.4 Å². The highest BCUT2D eigenvalue weighted by Gasteiger charge is 2.14. The van der Waals surface area contributed by atoms with Crippen LogP contribution in [0.15, 0.2) is 36.7 Å². The second-order valence-corrected chi connectivity index (χ2v) is 4.43. The van der Waals surface area contributed by atoms with Gasteiger partial charge in [-0.3, -0.25) is 4.98 Å². The minimum atomic E-state index is 0.129. The lowest BCUT2D eigenvalue weighted by molar-refractivity contribution is 0.415. The molecule has 1 N–H and O–H groups in total. The lowest BCUT2D eigenvalue weighted by Crippen LogP contribution is -1.97. The molecule has 0 radical (unpaired) electrons. The predicted octanol–water partition coefficient (Wildman–Crippen LogP) is 2.83. The van der Waals surface area contributed by atoms with E-state index in [4.69, 9.17) is 4.74 Å². The fraction of sp³-hybridized carbons (Fsp3) is 0.200. The quantitative estimate of drug-likeness (QED) is 0.794. The summed E-state index contributed by atoms with van der Waals surface area (Å²) in [6.45, 7) is 2.81. The van der Waals surface area contributed by atoms with E-state index in [1.807, 2.05) is 25.1 Å². The molecule has 0 saturated carbocycles. The summed E-state index contributed by atoms with van der Waals surface area (Å²) in [5.41, 5.74) is 2.54. The van der Waals surface area contributed by atoms with Gasteiger partial charge in [0.05, 0.1) is 29.9 Å². The minimum absolute atomic E-state index is 0.129. The zero-order valence-corrected chi connectivity index (χ0v) is 11.4. The van der Waals surface area contributed by atoms with Crippen molar-refractivity contribution in [2.24, 2.45) is 0 Å². The number of aromatic nitrogens is 3. The molecule has 3 aromatic rings. The van der Waals surface area contributed by atoms with Gasteiger partial charge in [0.2, 0.25) is 0 Å². The fourth-order valence-corrected chi connectivity index (χ4v) is 2.34. The highest BCUT2D eigenvalue weighted by atomic mass is 16.5. The summed E-state index contributed by atoms with van der Waals surface area (Å²) < 4.78 is 7.29. The van der Waals surface area contributed by atoms with E-state index in [1.165, 1.54) is 6.20 Å². The number of ether oxygens (including phenoxy) is 1. The summed E-state index contributed by atoms with van der Waals surface area (Å²) in [6, 6.07) is 7.54. The lowest BCUT2D eigenvalue weighted by Gasteiger charge is -2.07. The Morgan fingerprint density at radius 2 is 2.15 bits per heavy atom. The van der Waals surface area contributed by atoms with E-state index in [0.717, 1.165) is 29.2 Å². The number of imidazole rings is 1. The largest absolute Gasteiger partial charge is 0.506 e. The number of methoxy groups -OCH3 is 1. The second-order valence-electron chi connectivity index (χ2n) is 4.43. The van der Waals surface area contributed by atoms with Crippen molar-refractivity contribution in [3.63, 3.8) is 0 Å². The number of aryl methyl sites for hydroxylation is 1. The Kier molecular flexibility index (Phi) is 3.02. The summed E-state index contributed by atoms with van der Waals surface area (Å²) in [7, 11) is 1.63. The predicted molar refractivity (Wildman–Crippen MR) is 76.9 cm³/mol. The van der Waals surface area contributed by atoms with Gasteiger partial charge >= 0.3 is 0 Å². The van der Waals surface area contributed by atoms with Gasteiger partial charge < -0.3 is 14.4 Å². The monoisotopic (exact) mass is 269 g/mol. The molecular formula is C15H15N3O2. The number of hydrogen-bond donors (Lipinski definition) is 1. The van der Waals surface area contributed by atoms with Gasteiger partial charge in [-0.2, -0.15) is 0 Å². The molecule has 20 heavy (non-hydrogen) atoms. The lowest BCUT2D eigenvalue weighted by atomic mass is 10.2. The van der Waals surface area contributed by atoms with Gasteiger partial charge in [0.1, 0.15) is 17.3 Å². The topological polar surface area (TPSA) is 60.2 Å². The number of nitrogens with zero attached hydrogens (tertiary/aromatic N) is 3. The number of rotatable bonds is 3. The van der Waals surface area contributed by atoms with E-state index in [2.05, 4.69) is 14.5 Å². The third-order valence-electron chi connectivity index (χ3n) is 3.31. The molecule has 5 nitrogen and oxygen atoms in total. The SMILES string of the molecule is CCn1c(-c2ccncc2O)nc2cc(OC)ccc21. The number of hydrogen-bond acceptors (Lipinski definition) is 4. The maximum absolute atomic E-state index is 9.97. The van der Waals surface area contributed by atoms with Gasteiger partial charge in [0.15, 0.2) is 0 Å². The van der Waals surface area contributed by atoms with Gasteiger partial charge in [-0.05, 0) is 25.1 Å². The standard InChI is InChI=1S/C15H15N3O2/c1-3-18-13-5-4-10(20-2)8-12(13)17-15(18)11-6-7-16-9-14(11)19/h4-9,19H,3H2,1-2H3. The summed E-state index contributed by atoms with van der Waals surface area (Å²) in [5.74, 6) is 1.63. The molecule has 1 aromatic carbocycles. The zero-order valence-electron chi connectivity index (χ0n) is 11.4. The van der Waals surface area contributed by atoms with Crippen molar-refractivity contribution >= 4 is 11.0 Å². The third-order valence-corrected chi connectivity index (χ3v) is 3.31. The minimum Gasteiger partial charge on any atom is -0.506 e. The maximum Gasteiger partial charge on any atom is 0.144 e. The van der Waals surface area contributed by atoms with Gasteiger partial charge in [-0.1, -0.05) is 0 Å². The van der Waals surface area contributed by atoms with E-state index in [0.29, 0.717) is 5.56 Å². The van der Waals surface area contributed by atoms with E-state index in [1.54, 1.807) is 19.4 Å². The van der Waals surface area contributed by atoms with Crippen molar-refractivity contribution in [1.82, 2.24) is 14.5 Å². The Labute approximate surface area is 116 Å². The van der Waals surface area contributed by atoms with Crippen LogP contribution in [0.4, 0.5) is 0 Å². The molecule has 0 saturated heterocycles. The summed E-state index contributed by atoms with van der Waals surface area (Å²) >= 11 is 0. The van der Waals surface area contributed by atoms with E-state index in [9.17, 15) is 5.11 Å². The number of aromatic hydroxyl groups is 1. The van der Waals surface area contributed by atoms with Crippen LogP contribution in [0.5, 0.6) is 11.5 Å². The molecule has 0 unspecified atom stereocenters. The molecule has 0 spiro atoms. The molecule has 0 aliphatic heterocycles. The number of fused-ring (bicyclic) bond motifs is 1. The molecule has 0 aliphatic carbocycles. The Bertz CT molecular complexity index is 765. The first-order valence-corrected chi connectivity index (χ1v) is 6.42. The first kappa shape index (κ1) is 12.5. The van der Waals surface area contributed by atoms with Crippen molar-refractivity contribution < 1.29 is 9.84 Å². The van der Waals surface area contributed by atoms with Gasteiger partial charge in [-0.15, -0.1) is 0 Å². The molecule has 2 aromatic heterocycles. The summed E-state index contributed by atoms with van der Waals surface area (Å²) in [4.78, 5) is 8.52.